The maximum Gasteiger partial charge on any atom is 0.225 e. The molecule has 0 saturated carbocycles. The summed E-state index contributed by atoms with van der Waals surface area (Å²) in [4.78, 5) is 4.72. The molecule has 0 amide bonds. The zero-order valence-electron chi connectivity index (χ0n) is 5.04. The molecule has 0 N–H and O–H groups in total. The smallest absolute Gasteiger partial charge is 0.225 e. The molecule has 2 nitrogen and oxygen atoms in total. The van der Waals surface area contributed by atoms with Crippen molar-refractivity contribution in [2.24, 2.45) is 0 Å². The topological polar surface area (TPSA) is 13.1 Å². The molecule has 3 heteroatoms. The standard InChI is InChI=1S/C6H7FNO/c1-9-8-4-2-6(7)3-5-8/h2-5H,1H3/q+1. The molecular weight excluding hydrogens is 121 g/mol. The van der Waals surface area contributed by atoms with Crippen LogP contribution >= 0.6 is 0 Å². The van der Waals surface area contributed by atoms with E-state index in [2.05, 4.69) is 0 Å². The van der Waals surface area contributed by atoms with Crippen LogP contribution in [0.5, 0.6) is 0 Å². The second-order valence-electron chi connectivity index (χ2n) is 1.56. The Hall–Kier alpha value is -1.12. The predicted molar refractivity (Wildman–Crippen MR) is 29.1 cm³/mol. The van der Waals surface area contributed by atoms with Crippen LogP contribution in [0.4, 0.5) is 4.39 Å². The fraction of sp³-hybridized carbons (Fsp3) is 0.167. The van der Waals surface area contributed by atoms with Crippen molar-refractivity contribution in [2.75, 3.05) is 7.11 Å². The van der Waals surface area contributed by atoms with Crippen molar-refractivity contribution in [1.29, 1.82) is 0 Å². The van der Waals surface area contributed by atoms with Crippen LogP contribution < -0.4 is 9.57 Å². The van der Waals surface area contributed by atoms with Crippen molar-refractivity contribution in [2.45, 2.75) is 0 Å². The summed E-state index contributed by atoms with van der Waals surface area (Å²) in [5, 5.41) is 0. The number of halogens is 1. The Bertz CT molecular complexity index is 185. The van der Waals surface area contributed by atoms with Gasteiger partial charge in [-0.25, -0.2) is 4.39 Å². The van der Waals surface area contributed by atoms with Gasteiger partial charge in [-0.15, -0.1) is 0 Å². The predicted octanol–water partition coefficient (Wildman–Crippen LogP) is 0.172. The first-order chi connectivity index (χ1) is 4.33. The second-order valence-corrected chi connectivity index (χ2v) is 1.56. The van der Waals surface area contributed by atoms with Crippen LogP contribution in [-0.2, 0) is 0 Å². The minimum Gasteiger partial charge on any atom is -0.275 e. The third kappa shape index (κ3) is 1.38. The van der Waals surface area contributed by atoms with Crippen LogP contribution in [0.3, 0.4) is 0 Å². The van der Waals surface area contributed by atoms with Gasteiger partial charge < -0.3 is 0 Å². The molecule has 0 aliphatic carbocycles. The highest BCUT2D eigenvalue weighted by Gasteiger charge is 1.95. The molecule has 1 rings (SSSR count). The first-order valence-electron chi connectivity index (χ1n) is 2.54. The van der Waals surface area contributed by atoms with Crippen LogP contribution in [0.15, 0.2) is 24.5 Å². The first-order valence-corrected chi connectivity index (χ1v) is 2.54. The van der Waals surface area contributed by atoms with Crippen LogP contribution in [0.2, 0.25) is 0 Å². The van der Waals surface area contributed by atoms with Gasteiger partial charge in [-0.2, -0.15) is 0 Å². The molecular formula is C6H7FNO+. The molecule has 0 spiro atoms. The maximum absolute atomic E-state index is 12.2. The van der Waals surface area contributed by atoms with E-state index in [4.69, 9.17) is 4.84 Å². The Morgan fingerprint density at radius 2 is 2.00 bits per heavy atom. The average molecular weight is 128 g/mol. The first kappa shape index (κ1) is 6.01. The summed E-state index contributed by atoms with van der Waals surface area (Å²) in [6.45, 7) is 0. The molecule has 0 fully saturated rings. The van der Waals surface area contributed by atoms with Crippen LogP contribution in [0, 0.1) is 5.82 Å². The second kappa shape index (κ2) is 2.44. The highest BCUT2D eigenvalue weighted by Crippen LogP contribution is 1.87. The molecule has 1 heterocycles. The molecule has 9 heavy (non-hydrogen) atoms. The van der Waals surface area contributed by atoms with Gasteiger partial charge in [0.2, 0.25) is 12.4 Å². The van der Waals surface area contributed by atoms with Gasteiger partial charge in [0, 0.05) is 16.9 Å². The normalized spacial score (nSPS) is 9.11. The summed E-state index contributed by atoms with van der Waals surface area (Å²) in [7, 11) is 1.51. The fourth-order valence-electron chi connectivity index (χ4n) is 0.516. The molecule has 0 atom stereocenters. The van der Waals surface area contributed by atoms with Gasteiger partial charge in [0.25, 0.3) is 0 Å². The SMILES string of the molecule is CO[n+]1ccc(F)cc1. The van der Waals surface area contributed by atoms with E-state index in [-0.39, 0.29) is 5.82 Å². The van der Waals surface area contributed by atoms with Gasteiger partial charge in [0.15, 0.2) is 0 Å². The third-order valence-electron chi connectivity index (χ3n) is 0.972. The molecule has 48 valence electrons. The fourth-order valence-corrected chi connectivity index (χ4v) is 0.516. The summed E-state index contributed by atoms with van der Waals surface area (Å²) in [6.07, 6.45) is 2.99. The number of hydrogen-bond acceptors (Lipinski definition) is 1. The Labute approximate surface area is 52.5 Å². The number of aromatic nitrogens is 1. The van der Waals surface area contributed by atoms with Crippen molar-refractivity contribution >= 4 is 0 Å². The van der Waals surface area contributed by atoms with Crippen molar-refractivity contribution < 1.29 is 14.0 Å². The van der Waals surface area contributed by atoms with E-state index >= 15 is 0 Å². The van der Waals surface area contributed by atoms with Crippen LogP contribution in [-0.4, -0.2) is 7.11 Å². The molecule has 1 aromatic heterocycles. The monoisotopic (exact) mass is 128 g/mol. The molecule has 0 aliphatic heterocycles. The molecule has 0 aromatic carbocycles. The lowest BCUT2D eigenvalue weighted by atomic mass is 10.5. The third-order valence-corrected chi connectivity index (χ3v) is 0.972. The lowest BCUT2D eigenvalue weighted by Gasteiger charge is -1.86. The van der Waals surface area contributed by atoms with Gasteiger partial charge in [-0.1, -0.05) is 0 Å². The number of pyridine rings is 1. The molecule has 0 unspecified atom stereocenters. The summed E-state index contributed by atoms with van der Waals surface area (Å²) in [6, 6.07) is 2.65. The van der Waals surface area contributed by atoms with E-state index in [0.717, 1.165) is 0 Å². The van der Waals surface area contributed by atoms with E-state index in [0.29, 0.717) is 0 Å². The minimum absolute atomic E-state index is 0.261. The molecule has 0 saturated heterocycles. The zero-order chi connectivity index (χ0) is 6.69. The maximum atomic E-state index is 12.2. The molecule has 1 aromatic rings. The molecule has 0 radical (unpaired) electrons. The van der Waals surface area contributed by atoms with E-state index < -0.39 is 0 Å². The number of rotatable bonds is 1. The Balaban J connectivity index is 2.88. The van der Waals surface area contributed by atoms with Crippen molar-refractivity contribution in [3.05, 3.63) is 30.3 Å². The van der Waals surface area contributed by atoms with Crippen LogP contribution in [0.25, 0.3) is 0 Å². The van der Waals surface area contributed by atoms with Gasteiger partial charge in [0.1, 0.15) is 12.9 Å². The van der Waals surface area contributed by atoms with Crippen LogP contribution in [0.1, 0.15) is 0 Å². The highest BCUT2D eigenvalue weighted by molar-refractivity contribution is 4.88. The van der Waals surface area contributed by atoms with Gasteiger partial charge >= 0.3 is 0 Å². The van der Waals surface area contributed by atoms with Gasteiger partial charge in [0.05, 0.1) is 0 Å². The van der Waals surface area contributed by atoms with Crippen molar-refractivity contribution in [3.8, 4) is 0 Å². The lowest BCUT2D eigenvalue weighted by molar-refractivity contribution is -0.885. The molecule has 0 bridgehead atoms. The summed E-state index contributed by atoms with van der Waals surface area (Å²) in [5.74, 6) is -0.261. The van der Waals surface area contributed by atoms with E-state index in [1.807, 2.05) is 0 Å². The minimum atomic E-state index is -0.261. The van der Waals surface area contributed by atoms with E-state index in [1.165, 1.54) is 36.4 Å². The van der Waals surface area contributed by atoms with Gasteiger partial charge in [-0.3, -0.25) is 4.84 Å². The van der Waals surface area contributed by atoms with Crippen molar-refractivity contribution in [1.82, 2.24) is 0 Å². The summed E-state index contributed by atoms with van der Waals surface area (Å²) >= 11 is 0. The summed E-state index contributed by atoms with van der Waals surface area (Å²) < 4.78 is 13.6. The quantitative estimate of drug-likeness (QED) is 0.491. The number of hydrogen-bond donors (Lipinski definition) is 0. The zero-order valence-corrected chi connectivity index (χ0v) is 5.04. The van der Waals surface area contributed by atoms with Crippen molar-refractivity contribution in [3.63, 3.8) is 0 Å². The Morgan fingerprint density at radius 1 is 1.44 bits per heavy atom. The number of nitrogens with zero attached hydrogens (tertiary/aromatic N) is 1. The summed E-state index contributed by atoms with van der Waals surface area (Å²) in [5.41, 5.74) is 0. The lowest BCUT2D eigenvalue weighted by Crippen LogP contribution is -2.39. The molecule has 0 aliphatic rings. The Kier molecular flexibility index (Phi) is 1.63. The largest absolute Gasteiger partial charge is 0.275 e. The Morgan fingerprint density at radius 3 is 2.44 bits per heavy atom. The van der Waals surface area contributed by atoms with E-state index in [1.54, 1.807) is 0 Å². The highest BCUT2D eigenvalue weighted by atomic mass is 19.1. The van der Waals surface area contributed by atoms with E-state index in [9.17, 15) is 4.39 Å². The average Bonchev–Trinajstić information content (AvgIpc) is 1.90. The van der Waals surface area contributed by atoms with Gasteiger partial charge in [-0.05, 0) is 0 Å².